The summed E-state index contributed by atoms with van der Waals surface area (Å²) in [5, 5.41) is 17.3. The fourth-order valence-electron chi connectivity index (χ4n) is 2.34. The fraction of sp³-hybridized carbons (Fsp3) is 0.105. The number of para-hydroxylation sites is 1. The first kappa shape index (κ1) is 16.6. The molecule has 2 N–H and O–H groups in total. The van der Waals surface area contributed by atoms with Crippen molar-refractivity contribution in [1.29, 1.82) is 0 Å². The number of aliphatic hydroxyl groups is 1. The van der Waals surface area contributed by atoms with Crippen LogP contribution in [0.3, 0.4) is 0 Å². The first-order valence-corrected chi connectivity index (χ1v) is 7.82. The summed E-state index contributed by atoms with van der Waals surface area (Å²) in [6, 6.07) is 17.8. The zero-order valence-electron chi connectivity index (χ0n) is 13.8. The van der Waals surface area contributed by atoms with Gasteiger partial charge in [0.1, 0.15) is 12.3 Å². The molecule has 6 heteroatoms. The van der Waals surface area contributed by atoms with E-state index in [2.05, 4.69) is 15.6 Å². The summed E-state index contributed by atoms with van der Waals surface area (Å²) in [5.74, 6) is -0.566. The fourth-order valence-corrected chi connectivity index (χ4v) is 2.34. The summed E-state index contributed by atoms with van der Waals surface area (Å²) in [6.07, 6.45) is 3.37. The van der Waals surface area contributed by atoms with Crippen molar-refractivity contribution in [2.45, 2.75) is 6.92 Å². The number of hydrogen-bond donors (Lipinski definition) is 2. The number of aliphatic hydroxyl groups excluding tert-OH is 1. The van der Waals surface area contributed by atoms with E-state index in [1.807, 2.05) is 67.7 Å². The van der Waals surface area contributed by atoms with E-state index in [0.717, 1.165) is 28.1 Å². The third-order valence-electron chi connectivity index (χ3n) is 3.62. The lowest BCUT2D eigenvalue weighted by molar-refractivity contribution is -0.123. The number of carbonyl (C=O) groups excluding carboxylic acids is 1. The van der Waals surface area contributed by atoms with E-state index in [1.165, 1.54) is 6.21 Å². The van der Waals surface area contributed by atoms with E-state index in [-0.39, 0.29) is 0 Å². The Bertz CT molecular complexity index is 884. The summed E-state index contributed by atoms with van der Waals surface area (Å²) in [6.45, 7) is 1.42. The first-order chi connectivity index (χ1) is 12.2. The lowest BCUT2D eigenvalue weighted by Crippen LogP contribution is -2.20. The maximum absolute atomic E-state index is 11.1. The number of carbonyl (C=O) groups is 1. The Kier molecular flexibility index (Phi) is 5.01. The number of hydrazone groups is 1. The molecule has 6 nitrogen and oxygen atoms in total. The molecule has 3 aromatic rings. The third kappa shape index (κ3) is 3.99. The molecule has 0 saturated carbocycles. The minimum Gasteiger partial charge on any atom is -0.386 e. The van der Waals surface area contributed by atoms with Crippen LogP contribution in [0.2, 0.25) is 0 Å². The number of amides is 1. The monoisotopic (exact) mass is 334 g/mol. The highest BCUT2D eigenvalue weighted by Crippen LogP contribution is 2.23. The van der Waals surface area contributed by atoms with Crippen LogP contribution in [0.1, 0.15) is 11.1 Å². The molecule has 0 bridgehead atoms. The van der Waals surface area contributed by atoms with Crippen molar-refractivity contribution < 1.29 is 9.90 Å². The van der Waals surface area contributed by atoms with Gasteiger partial charge in [-0.3, -0.25) is 4.79 Å². The van der Waals surface area contributed by atoms with E-state index >= 15 is 0 Å². The van der Waals surface area contributed by atoms with E-state index in [4.69, 9.17) is 5.11 Å². The second-order valence-corrected chi connectivity index (χ2v) is 5.53. The summed E-state index contributed by atoms with van der Waals surface area (Å²) in [5.41, 5.74) is 6.82. The lowest BCUT2D eigenvalue weighted by atomic mass is 10.1. The van der Waals surface area contributed by atoms with Crippen LogP contribution in [0.5, 0.6) is 0 Å². The molecule has 1 heterocycles. The molecule has 0 unspecified atom stereocenters. The van der Waals surface area contributed by atoms with Gasteiger partial charge >= 0.3 is 0 Å². The van der Waals surface area contributed by atoms with Crippen LogP contribution in [-0.2, 0) is 4.79 Å². The molecule has 1 amide bonds. The van der Waals surface area contributed by atoms with E-state index in [9.17, 15) is 4.79 Å². The largest absolute Gasteiger partial charge is 0.386 e. The van der Waals surface area contributed by atoms with E-state index in [1.54, 1.807) is 4.68 Å². The molecule has 126 valence electrons. The van der Waals surface area contributed by atoms with Gasteiger partial charge in [-0.1, -0.05) is 48.0 Å². The standard InChI is InChI=1S/C19H18N4O2/c1-14-7-9-15(10-8-14)19-16(11-20-21-18(25)13-24)12-23(22-19)17-5-3-2-4-6-17/h2-12,24H,13H2,1H3,(H,21,25). The summed E-state index contributed by atoms with van der Waals surface area (Å²) in [7, 11) is 0. The number of aryl methyl sites for hydroxylation is 1. The van der Waals surface area contributed by atoms with Gasteiger partial charge in [0.2, 0.25) is 0 Å². The molecule has 0 aliphatic carbocycles. The van der Waals surface area contributed by atoms with Crippen molar-refractivity contribution in [3.8, 4) is 16.9 Å². The van der Waals surface area contributed by atoms with Crippen LogP contribution in [0.15, 0.2) is 65.9 Å². The van der Waals surface area contributed by atoms with Gasteiger partial charge in [-0.15, -0.1) is 0 Å². The topological polar surface area (TPSA) is 79.5 Å². The van der Waals surface area contributed by atoms with Crippen molar-refractivity contribution in [1.82, 2.24) is 15.2 Å². The molecule has 0 aliphatic heterocycles. The molecule has 2 aromatic carbocycles. The molecule has 0 atom stereocenters. The maximum Gasteiger partial charge on any atom is 0.265 e. The van der Waals surface area contributed by atoms with Gasteiger partial charge in [0.05, 0.1) is 11.9 Å². The molecule has 25 heavy (non-hydrogen) atoms. The second-order valence-electron chi connectivity index (χ2n) is 5.53. The van der Waals surface area contributed by atoms with Crippen LogP contribution in [-0.4, -0.2) is 33.6 Å². The summed E-state index contributed by atoms with van der Waals surface area (Å²) in [4.78, 5) is 11.1. The molecular formula is C19H18N4O2. The van der Waals surface area contributed by atoms with Gasteiger partial charge in [-0.05, 0) is 19.1 Å². The second kappa shape index (κ2) is 7.55. The molecule has 0 aliphatic rings. The maximum atomic E-state index is 11.1. The third-order valence-corrected chi connectivity index (χ3v) is 3.62. The molecule has 0 spiro atoms. The lowest BCUT2D eigenvalue weighted by Gasteiger charge is -2.01. The zero-order chi connectivity index (χ0) is 17.6. The van der Waals surface area contributed by atoms with Crippen LogP contribution >= 0.6 is 0 Å². The number of hydrogen-bond acceptors (Lipinski definition) is 4. The average molecular weight is 334 g/mol. The van der Waals surface area contributed by atoms with Crippen LogP contribution in [0.4, 0.5) is 0 Å². The van der Waals surface area contributed by atoms with Crippen molar-refractivity contribution in [3.05, 3.63) is 71.9 Å². The summed E-state index contributed by atoms with van der Waals surface area (Å²) >= 11 is 0. The molecular weight excluding hydrogens is 316 g/mol. The van der Waals surface area contributed by atoms with E-state index in [0.29, 0.717) is 0 Å². The Labute approximate surface area is 145 Å². The number of rotatable bonds is 5. The van der Waals surface area contributed by atoms with Crippen molar-refractivity contribution in [3.63, 3.8) is 0 Å². The predicted octanol–water partition coefficient (Wildman–Crippen LogP) is 2.29. The van der Waals surface area contributed by atoms with Gasteiger partial charge in [-0.25, -0.2) is 10.1 Å². The quantitative estimate of drug-likeness (QED) is 0.555. The van der Waals surface area contributed by atoms with E-state index < -0.39 is 12.5 Å². The normalized spacial score (nSPS) is 11.0. The Morgan fingerprint density at radius 3 is 2.60 bits per heavy atom. The number of aromatic nitrogens is 2. The minimum absolute atomic E-state index is 0.566. The molecule has 1 aromatic heterocycles. The molecule has 0 saturated heterocycles. The Morgan fingerprint density at radius 2 is 1.92 bits per heavy atom. The van der Waals surface area contributed by atoms with Crippen LogP contribution in [0, 0.1) is 6.92 Å². The Balaban J connectivity index is 2.00. The molecule has 3 rings (SSSR count). The van der Waals surface area contributed by atoms with Gasteiger partial charge in [0, 0.05) is 17.3 Å². The van der Waals surface area contributed by atoms with Crippen LogP contribution in [0.25, 0.3) is 16.9 Å². The summed E-state index contributed by atoms with van der Waals surface area (Å²) < 4.78 is 1.77. The predicted molar refractivity (Wildman–Crippen MR) is 96.6 cm³/mol. The van der Waals surface area contributed by atoms with Crippen molar-refractivity contribution in [2.24, 2.45) is 5.10 Å². The highest BCUT2D eigenvalue weighted by Gasteiger charge is 2.11. The molecule has 0 radical (unpaired) electrons. The minimum atomic E-state index is -0.606. The zero-order valence-corrected chi connectivity index (χ0v) is 13.8. The van der Waals surface area contributed by atoms with Gasteiger partial charge in [0.25, 0.3) is 5.91 Å². The van der Waals surface area contributed by atoms with Crippen molar-refractivity contribution >= 4 is 12.1 Å². The van der Waals surface area contributed by atoms with Crippen LogP contribution < -0.4 is 5.43 Å². The Hall–Kier alpha value is -3.25. The smallest absolute Gasteiger partial charge is 0.265 e. The highest BCUT2D eigenvalue weighted by molar-refractivity contribution is 5.89. The Morgan fingerprint density at radius 1 is 1.20 bits per heavy atom. The average Bonchev–Trinajstić information content (AvgIpc) is 3.07. The van der Waals surface area contributed by atoms with Gasteiger partial charge in [-0.2, -0.15) is 10.2 Å². The van der Waals surface area contributed by atoms with Crippen molar-refractivity contribution in [2.75, 3.05) is 6.61 Å². The number of nitrogens with one attached hydrogen (secondary N) is 1. The number of nitrogens with zero attached hydrogens (tertiary/aromatic N) is 3. The van der Waals surface area contributed by atoms with Gasteiger partial charge in [0.15, 0.2) is 0 Å². The highest BCUT2D eigenvalue weighted by atomic mass is 16.3. The molecule has 0 fully saturated rings. The number of benzene rings is 2. The van der Waals surface area contributed by atoms with Gasteiger partial charge < -0.3 is 5.11 Å². The SMILES string of the molecule is Cc1ccc(-c2nn(-c3ccccc3)cc2C=NNC(=O)CO)cc1. The first-order valence-electron chi connectivity index (χ1n) is 7.82.